The molecule has 0 nitrogen and oxygen atoms in total. The number of fused-ring (bicyclic) bond motifs is 1. The van der Waals surface area contributed by atoms with E-state index in [1.54, 1.807) is 0 Å². The van der Waals surface area contributed by atoms with Crippen molar-refractivity contribution in [2.75, 3.05) is 0 Å². The van der Waals surface area contributed by atoms with Crippen molar-refractivity contribution < 1.29 is 0 Å². The maximum absolute atomic E-state index is 3.51. The van der Waals surface area contributed by atoms with Crippen LogP contribution in [0.3, 0.4) is 0 Å². The molecule has 15 heavy (non-hydrogen) atoms. The Bertz CT molecular complexity index is 477. The van der Waals surface area contributed by atoms with Gasteiger partial charge in [0.1, 0.15) is 0 Å². The van der Waals surface area contributed by atoms with Crippen LogP contribution in [0.5, 0.6) is 0 Å². The summed E-state index contributed by atoms with van der Waals surface area (Å²) in [5.74, 6) is 0. The standard InChI is InChI=1S/C12H9Br3/c13-7-8-1-2-10-6-11(12(14)15)4-3-9(10)5-8/h1-6,12H,7H2. The number of hydrogen-bond acceptors (Lipinski definition) is 0. The van der Waals surface area contributed by atoms with E-state index in [0.717, 1.165) is 5.33 Å². The van der Waals surface area contributed by atoms with Gasteiger partial charge in [0.05, 0.1) is 3.74 Å². The number of halogens is 3. The monoisotopic (exact) mass is 390 g/mol. The van der Waals surface area contributed by atoms with Crippen molar-refractivity contribution in [1.29, 1.82) is 0 Å². The molecular formula is C12H9Br3. The first kappa shape index (κ1) is 11.6. The normalized spacial score (nSPS) is 11.2. The molecule has 0 aliphatic heterocycles. The van der Waals surface area contributed by atoms with Crippen molar-refractivity contribution >= 4 is 58.6 Å². The molecule has 0 saturated heterocycles. The Labute approximate surface area is 114 Å². The van der Waals surface area contributed by atoms with Gasteiger partial charge in [-0.2, -0.15) is 0 Å². The number of benzene rings is 2. The number of rotatable bonds is 2. The molecule has 0 aliphatic rings. The summed E-state index contributed by atoms with van der Waals surface area (Å²) in [4.78, 5) is 0. The van der Waals surface area contributed by atoms with Crippen LogP contribution in [0.1, 0.15) is 14.9 Å². The van der Waals surface area contributed by atoms with Crippen molar-refractivity contribution in [3.05, 3.63) is 47.5 Å². The minimum absolute atomic E-state index is 0.227. The molecule has 0 heterocycles. The first-order valence-electron chi connectivity index (χ1n) is 4.57. The van der Waals surface area contributed by atoms with E-state index >= 15 is 0 Å². The highest BCUT2D eigenvalue weighted by molar-refractivity contribution is 9.24. The van der Waals surface area contributed by atoms with Crippen LogP contribution >= 0.6 is 47.8 Å². The van der Waals surface area contributed by atoms with Crippen molar-refractivity contribution in [2.24, 2.45) is 0 Å². The average molecular weight is 393 g/mol. The molecule has 0 fully saturated rings. The second-order valence-electron chi connectivity index (χ2n) is 3.38. The zero-order valence-corrected chi connectivity index (χ0v) is 12.6. The Morgan fingerprint density at radius 2 is 1.60 bits per heavy atom. The lowest BCUT2D eigenvalue weighted by Gasteiger charge is -2.05. The Morgan fingerprint density at radius 1 is 0.933 bits per heavy atom. The maximum atomic E-state index is 3.51. The minimum Gasteiger partial charge on any atom is -0.0876 e. The van der Waals surface area contributed by atoms with E-state index < -0.39 is 0 Å². The first-order valence-corrected chi connectivity index (χ1v) is 7.52. The summed E-state index contributed by atoms with van der Waals surface area (Å²) in [7, 11) is 0. The second-order valence-corrected chi connectivity index (χ2v) is 7.00. The third kappa shape index (κ3) is 2.63. The number of alkyl halides is 3. The van der Waals surface area contributed by atoms with E-state index in [2.05, 4.69) is 84.2 Å². The fraction of sp³-hybridized carbons (Fsp3) is 0.167. The van der Waals surface area contributed by atoms with Gasteiger partial charge in [-0.3, -0.25) is 0 Å². The van der Waals surface area contributed by atoms with Crippen molar-refractivity contribution in [1.82, 2.24) is 0 Å². The molecule has 0 bridgehead atoms. The lowest BCUT2D eigenvalue weighted by molar-refractivity contribution is 1.43. The van der Waals surface area contributed by atoms with Gasteiger partial charge < -0.3 is 0 Å². The van der Waals surface area contributed by atoms with Gasteiger partial charge in [-0.05, 0) is 28.0 Å². The third-order valence-electron chi connectivity index (χ3n) is 2.33. The summed E-state index contributed by atoms with van der Waals surface area (Å²) >= 11 is 10.5. The van der Waals surface area contributed by atoms with Gasteiger partial charge in [0.25, 0.3) is 0 Å². The van der Waals surface area contributed by atoms with Crippen LogP contribution in [0.4, 0.5) is 0 Å². The molecule has 78 valence electrons. The molecule has 0 aliphatic carbocycles. The molecule has 2 aromatic rings. The summed E-state index contributed by atoms with van der Waals surface area (Å²) in [5.41, 5.74) is 2.55. The molecule has 2 rings (SSSR count). The topological polar surface area (TPSA) is 0 Å². The van der Waals surface area contributed by atoms with Crippen LogP contribution < -0.4 is 0 Å². The van der Waals surface area contributed by atoms with Gasteiger partial charge in [0, 0.05) is 5.33 Å². The highest BCUT2D eigenvalue weighted by Gasteiger charge is 2.03. The van der Waals surface area contributed by atoms with Gasteiger partial charge >= 0.3 is 0 Å². The highest BCUT2D eigenvalue weighted by atomic mass is 79.9. The Morgan fingerprint density at radius 3 is 2.27 bits per heavy atom. The molecule has 3 heteroatoms. The fourth-order valence-electron chi connectivity index (χ4n) is 1.53. The summed E-state index contributed by atoms with van der Waals surface area (Å²) in [6.07, 6.45) is 0. The fourth-order valence-corrected chi connectivity index (χ4v) is 2.45. The molecule has 0 aromatic heterocycles. The van der Waals surface area contributed by atoms with E-state index in [1.165, 1.54) is 21.9 Å². The summed E-state index contributed by atoms with van der Waals surface area (Å²) in [6, 6.07) is 13.0. The quantitative estimate of drug-likeness (QED) is 0.590. The Balaban J connectivity index is 2.55. The zero-order valence-electron chi connectivity index (χ0n) is 7.88. The van der Waals surface area contributed by atoms with Crippen LogP contribution in [0.15, 0.2) is 36.4 Å². The SMILES string of the molecule is BrCc1ccc2cc(C(Br)Br)ccc2c1. The maximum Gasteiger partial charge on any atom is 0.0946 e. The smallest absolute Gasteiger partial charge is 0.0876 e. The van der Waals surface area contributed by atoms with Crippen LogP contribution in [0.2, 0.25) is 0 Å². The average Bonchev–Trinajstić information content (AvgIpc) is 2.27. The Hall–Kier alpha value is 0.140. The third-order valence-corrected chi connectivity index (χ3v) is 4.04. The van der Waals surface area contributed by atoms with E-state index in [4.69, 9.17) is 0 Å². The largest absolute Gasteiger partial charge is 0.0946 e. The Kier molecular flexibility index (Phi) is 3.86. The summed E-state index contributed by atoms with van der Waals surface area (Å²) < 4.78 is 0.227. The lowest BCUT2D eigenvalue weighted by Crippen LogP contribution is -1.83. The summed E-state index contributed by atoms with van der Waals surface area (Å²) in [6.45, 7) is 0. The van der Waals surface area contributed by atoms with Gasteiger partial charge in [-0.1, -0.05) is 78.1 Å². The van der Waals surface area contributed by atoms with E-state index in [-0.39, 0.29) is 3.74 Å². The van der Waals surface area contributed by atoms with Gasteiger partial charge in [0.15, 0.2) is 0 Å². The zero-order chi connectivity index (χ0) is 10.8. The number of hydrogen-bond donors (Lipinski definition) is 0. The molecule has 0 amide bonds. The molecule has 0 N–H and O–H groups in total. The van der Waals surface area contributed by atoms with Crippen molar-refractivity contribution in [3.63, 3.8) is 0 Å². The second kappa shape index (κ2) is 4.98. The van der Waals surface area contributed by atoms with Crippen molar-refractivity contribution in [2.45, 2.75) is 9.07 Å². The molecule has 0 unspecified atom stereocenters. The highest BCUT2D eigenvalue weighted by Crippen LogP contribution is 2.31. The van der Waals surface area contributed by atoms with Gasteiger partial charge in [0.2, 0.25) is 0 Å². The van der Waals surface area contributed by atoms with Crippen LogP contribution in [-0.2, 0) is 5.33 Å². The van der Waals surface area contributed by atoms with E-state index in [1.807, 2.05) is 0 Å². The van der Waals surface area contributed by atoms with Crippen LogP contribution in [0, 0.1) is 0 Å². The summed E-state index contributed by atoms with van der Waals surface area (Å²) in [5, 5.41) is 3.47. The molecule has 0 radical (unpaired) electrons. The van der Waals surface area contributed by atoms with Crippen molar-refractivity contribution in [3.8, 4) is 0 Å². The van der Waals surface area contributed by atoms with Gasteiger partial charge in [-0.15, -0.1) is 0 Å². The molecule has 0 spiro atoms. The van der Waals surface area contributed by atoms with Gasteiger partial charge in [-0.25, -0.2) is 0 Å². The first-order chi connectivity index (χ1) is 7.20. The minimum atomic E-state index is 0.227. The van der Waals surface area contributed by atoms with E-state index in [9.17, 15) is 0 Å². The predicted molar refractivity (Wildman–Crippen MR) is 77.2 cm³/mol. The lowest BCUT2D eigenvalue weighted by atomic mass is 10.1. The molecular weight excluding hydrogens is 384 g/mol. The molecule has 0 atom stereocenters. The van der Waals surface area contributed by atoms with Crippen LogP contribution in [0.25, 0.3) is 10.8 Å². The van der Waals surface area contributed by atoms with E-state index in [0.29, 0.717) is 0 Å². The predicted octanol–water partition coefficient (Wildman–Crippen LogP) is 5.52. The molecule has 0 saturated carbocycles. The van der Waals surface area contributed by atoms with Crippen LogP contribution in [-0.4, -0.2) is 0 Å². The molecule has 2 aromatic carbocycles.